The molecule has 0 aliphatic carbocycles. The van der Waals surface area contributed by atoms with Gasteiger partial charge in [0.1, 0.15) is 0 Å². The number of hydrogen-bond acceptors (Lipinski definition) is 1. The van der Waals surface area contributed by atoms with Crippen LogP contribution in [0.3, 0.4) is 0 Å². The third-order valence-corrected chi connectivity index (χ3v) is 12.7. The van der Waals surface area contributed by atoms with Gasteiger partial charge in [0.25, 0.3) is 0 Å². The summed E-state index contributed by atoms with van der Waals surface area (Å²) in [5.41, 5.74) is 22.4. The number of benzene rings is 11. The van der Waals surface area contributed by atoms with Crippen molar-refractivity contribution in [1.82, 2.24) is 0 Å². The normalized spacial score (nSPS) is 11.0. The van der Waals surface area contributed by atoms with Crippen molar-refractivity contribution >= 4 is 17.1 Å². The molecule has 1 nitrogen and oxygen atoms in total. The van der Waals surface area contributed by atoms with Crippen molar-refractivity contribution in [3.8, 4) is 89.0 Å². The molecule has 0 saturated carbocycles. The second-order valence-electron chi connectivity index (χ2n) is 16.9. The zero-order valence-corrected chi connectivity index (χ0v) is 37.1. The van der Waals surface area contributed by atoms with Crippen LogP contribution in [0.15, 0.2) is 285 Å². The van der Waals surface area contributed by atoms with Crippen LogP contribution in [0.5, 0.6) is 0 Å². The third kappa shape index (κ3) is 8.51. The molecule has 11 rings (SSSR count). The Hall–Kier alpha value is -8.78. The lowest BCUT2D eigenvalue weighted by molar-refractivity contribution is 1.28. The maximum Gasteiger partial charge on any atom is 0.0462 e. The highest BCUT2D eigenvalue weighted by atomic mass is 15.1. The van der Waals surface area contributed by atoms with E-state index in [0.717, 1.165) is 28.2 Å². The topological polar surface area (TPSA) is 3.24 Å². The smallest absolute Gasteiger partial charge is 0.0462 e. The minimum absolute atomic E-state index is 1.08. The van der Waals surface area contributed by atoms with Gasteiger partial charge in [-0.1, -0.05) is 224 Å². The van der Waals surface area contributed by atoms with Crippen LogP contribution < -0.4 is 4.90 Å². The summed E-state index contributed by atoms with van der Waals surface area (Å²) < 4.78 is 0. The van der Waals surface area contributed by atoms with Crippen LogP contribution in [-0.2, 0) is 0 Å². The Morgan fingerprint density at radius 2 is 0.388 bits per heavy atom. The Kier molecular flexibility index (Phi) is 11.5. The quantitative estimate of drug-likeness (QED) is 0.125. The van der Waals surface area contributed by atoms with Gasteiger partial charge < -0.3 is 4.90 Å². The van der Waals surface area contributed by atoms with E-state index in [9.17, 15) is 0 Å². The van der Waals surface area contributed by atoms with Crippen molar-refractivity contribution in [3.05, 3.63) is 285 Å². The average molecular weight is 854 g/mol. The third-order valence-electron chi connectivity index (χ3n) is 12.7. The largest absolute Gasteiger partial charge is 0.311 e. The van der Waals surface area contributed by atoms with E-state index in [1.807, 2.05) is 0 Å². The Morgan fingerprint density at radius 1 is 0.164 bits per heavy atom. The molecule has 0 spiro atoms. The number of para-hydroxylation sites is 1. The summed E-state index contributed by atoms with van der Waals surface area (Å²) in [6, 6.07) is 103. The first-order valence-corrected chi connectivity index (χ1v) is 23.0. The molecule has 11 aromatic carbocycles. The molecular formula is C66H47N. The van der Waals surface area contributed by atoms with Gasteiger partial charge >= 0.3 is 0 Å². The van der Waals surface area contributed by atoms with Crippen molar-refractivity contribution in [3.63, 3.8) is 0 Å². The van der Waals surface area contributed by atoms with Gasteiger partial charge in [-0.3, -0.25) is 0 Å². The van der Waals surface area contributed by atoms with E-state index < -0.39 is 0 Å². The van der Waals surface area contributed by atoms with Crippen molar-refractivity contribution in [2.24, 2.45) is 0 Å². The monoisotopic (exact) mass is 853 g/mol. The van der Waals surface area contributed by atoms with Crippen LogP contribution in [0.25, 0.3) is 89.0 Å². The minimum atomic E-state index is 1.08. The van der Waals surface area contributed by atoms with E-state index >= 15 is 0 Å². The first-order valence-electron chi connectivity index (χ1n) is 23.0. The Morgan fingerprint density at radius 3 is 0.657 bits per heavy atom. The number of rotatable bonds is 11. The fourth-order valence-electron chi connectivity index (χ4n) is 9.46. The van der Waals surface area contributed by atoms with E-state index in [4.69, 9.17) is 0 Å². The fourth-order valence-corrected chi connectivity index (χ4v) is 9.46. The zero-order valence-electron chi connectivity index (χ0n) is 37.1. The molecule has 0 aliphatic rings. The Balaban J connectivity index is 1.00. The van der Waals surface area contributed by atoms with Crippen LogP contribution in [-0.4, -0.2) is 0 Å². The maximum atomic E-state index is 2.37. The van der Waals surface area contributed by atoms with Crippen LogP contribution in [0.2, 0.25) is 0 Å². The second-order valence-corrected chi connectivity index (χ2v) is 16.9. The average Bonchev–Trinajstić information content (AvgIpc) is 3.42. The first kappa shape index (κ1) is 41.0. The summed E-state index contributed by atoms with van der Waals surface area (Å²) in [5, 5.41) is 0. The van der Waals surface area contributed by atoms with Crippen molar-refractivity contribution in [1.29, 1.82) is 0 Å². The fraction of sp³-hybridized carbons (Fsp3) is 0. The summed E-state index contributed by atoms with van der Waals surface area (Å²) in [6.45, 7) is 0. The summed E-state index contributed by atoms with van der Waals surface area (Å²) in [4.78, 5) is 2.35. The van der Waals surface area contributed by atoms with E-state index in [2.05, 4.69) is 290 Å². The van der Waals surface area contributed by atoms with Crippen LogP contribution >= 0.6 is 0 Å². The lowest BCUT2D eigenvalue weighted by Crippen LogP contribution is -2.09. The van der Waals surface area contributed by atoms with Gasteiger partial charge in [0.15, 0.2) is 0 Å². The van der Waals surface area contributed by atoms with E-state index in [0.29, 0.717) is 0 Å². The predicted octanol–water partition coefficient (Wildman–Crippen LogP) is 18.5. The van der Waals surface area contributed by atoms with Gasteiger partial charge in [-0.05, 0) is 150 Å². The first-order chi connectivity index (χ1) is 33.2. The predicted molar refractivity (Wildman–Crippen MR) is 285 cm³/mol. The molecule has 0 saturated heterocycles. The van der Waals surface area contributed by atoms with Gasteiger partial charge in [-0.25, -0.2) is 0 Å². The van der Waals surface area contributed by atoms with Gasteiger partial charge in [0.05, 0.1) is 0 Å². The number of nitrogens with zero attached hydrogens (tertiary/aromatic N) is 1. The molecule has 0 atom stereocenters. The Labute approximate surface area is 394 Å². The van der Waals surface area contributed by atoms with Crippen molar-refractivity contribution in [2.75, 3.05) is 4.90 Å². The lowest BCUT2D eigenvalue weighted by Gasteiger charge is -2.26. The Bertz CT molecular complexity index is 3040. The molecular weight excluding hydrogens is 807 g/mol. The summed E-state index contributed by atoms with van der Waals surface area (Å²) in [7, 11) is 0. The highest BCUT2D eigenvalue weighted by Gasteiger charge is 2.20. The minimum Gasteiger partial charge on any atom is -0.311 e. The molecule has 0 aromatic heterocycles. The molecule has 1 heteroatoms. The molecule has 67 heavy (non-hydrogen) atoms. The highest BCUT2D eigenvalue weighted by Crippen LogP contribution is 2.46. The summed E-state index contributed by atoms with van der Waals surface area (Å²) in [6.07, 6.45) is 0. The van der Waals surface area contributed by atoms with Crippen LogP contribution in [0.4, 0.5) is 17.1 Å². The molecule has 0 bridgehead atoms. The molecule has 0 heterocycles. The van der Waals surface area contributed by atoms with E-state index in [-0.39, 0.29) is 0 Å². The van der Waals surface area contributed by atoms with Crippen molar-refractivity contribution in [2.45, 2.75) is 0 Å². The van der Waals surface area contributed by atoms with E-state index in [1.54, 1.807) is 0 Å². The molecule has 0 radical (unpaired) electrons. The number of hydrogen-bond donors (Lipinski definition) is 0. The van der Waals surface area contributed by atoms with Gasteiger partial charge in [-0.15, -0.1) is 0 Å². The molecule has 0 fully saturated rings. The lowest BCUT2D eigenvalue weighted by atomic mass is 9.84. The van der Waals surface area contributed by atoms with Crippen LogP contribution in [0, 0.1) is 0 Å². The molecule has 0 unspecified atom stereocenters. The molecule has 0 aliphatic heterocycles. The SMILES string of the molecule is c1ccc(-c2cc(-c3ccc(N(c4ccccc4)c4ccc(-c5cc(-c6ccccc6)c(-c6ccccc6)c(-c6ccccc6)c5)cc4)cc3)cc(-c3ccccc3)c2-c2ccccc2)cc1. The molecule has 0 N–H and O–H groups in total. The second kappa shape index (κ2) is 18.7. The van der Waals surface area contributed by atoms with E-state index in [1.165, 1.54) is 77.9 Å². The number of anilines is 3. The highest BCUT2D eigenvalue weighted by molar-refractivity contribution is 5.99. The standard InChI is InChI=1S/C66H47N/c1-8-22-50(23-9-1)61-44-56(45-62(51-24-10-2-11-25-51)65(61)54-30-16-5-17-31-54)48-36-40-59(41-37-48)67(58-34-20-7-21-35-58)60-42-38-49(39-43-60)57-46-63(52-26-12-3-13-27-52)66(55-32-18-6-19-33-55)64(47-57)53-28-14-4-15-29-53/h1-47H. The van der Waals surface area contributed by atoms with Gasteiger partial charge in [0, 0.05) is 17.1 Å². The molecule has 0 amide bonds. The van der Waals surface area contributed by atoms with Crippen LogP contribution in [0.1, 0.15) is 0 Å². The maximum absolute atomic E-state index is 2.37. The zero-order chi connectivity index (χ0) is 44.8. The van der Waals surface area contributed by atoms with Gasteiger partial charge in [-0.2, -0.15) is 0 Å². The van der Waals surface area contributed by atoms with Crippen molar-refractivity contribution < 1.29 is 0 Å². The summed E-state index contributed by atoms with van der Waals surface area (Å²) >= 11 is 0. The molecule has 11 aromatic rings. The van der Waals surface area contributed by atoms with Gasteiger partial charge in [0.2, 0.25) is 0 Å². The molecule has 316 valence electrons. The summed E-state index contributed by atoms with van der Waals surface area (Å²) in [5.74, 6) is 0.